The fourth-order valence-electron chi connectivity index (χ4n) is 4.00. The van der Waals surface area contributed by atoms with Crippen LogP contribution in [-0.2, 0) is 25.5 Å². The average Bonchev–Trinajstić information content (AvgIpc) is 3.26. The number of nitro groups is 1. The molecule has 2 aromatic rings. The molecule has 2 aromatic carbocycles. The van der Waals surface area contributed by atoms with E-state index < -0.39 is 23.4 Å². The number of amides is 2. The summed E-state index contributed by atoms with van der Waals surface area (Å²) in [5.41, 5.74) is 2.08. The molecular formula is C23H23N3O7. The molecule has 0 N–H and O–H groups in total. The largest absolute Gasteiger partial charge is 0.482 e. The number of carbonyl (C=O) groups is 3. The highest BCUT2D eigenvalue weighted by Gasteiger charge is 2.25. The SMILES string of the molecule is O=C(COc1ccc(N2CCCC2=O)cc1)OCC(=O)N1CCCc2cc([N+](=O)[O-])ccc21. The van der Waals surface area contributed by atoms with E-state index in [1.807, 2.05) is 0 Å². The number of aryl methyl sites for hydroxylation is 1. The zero-order valence-electron chi connectivity index (χ0n) is 17.9. The molecule has 0 saturated carbocycles. The number of carbonyl (C=O) groups excluding carboxylic acids is 3. The molecule has 0 unspecified atom stereocenters. The van der Waals surface area contributed by atoms with Crippen molar-refractivity contribution < 1.29 is 28.8 Å². The van der Waals surface area contributed by atoms with Gasteiger partial charge in [0.2, 0.25) is 5.91 Å². The van der Waals surface area contributed by atoms with Crippen molar-refractivity contribution in [3.63, 3.8) is 0 Å². The summed E-state index contributed by atoms with van der Waals surface area (Å²) in [6.07, 6.45) is 2.69. The van der Waals surface area contributed by atoms with Gasteiger partial charge in [-0.1, -0.05) is 0 Å². The summed E-state index contributed by atoms with van der Waals surface area (Å²) in [6.45, 7) is 0.327. The highest BCUT2D eigenvalue weighted by Crippen LogP contribution is 2.30. The van der Waals surface area contributed by atoms with Crippen molar-refractivity contribution in [1.82, 2.24) is 0 Å². The second-order valence-corrected chi connectivity index (χ2v) is 7.81. The van der Waals surface area contributed by atoms with Crippen LogP contribution in [0.25, 0.3) is 0 Å². The van der Waals surface area contributed by atoms with Crippen LogP contribution >= 0.6 is 0 Å². The van der Waals surface area contributed by atoms with Crippen molar-refractivity contribution in [3.8, 4) is 5.75 Å². The standard InChI is InChI=1S/C23H23N3O7/c27-21-4-2-11-24(21)17-5-8-19(9-6-17)32-15-23(29)33-14-22(28)25-12-1-3-16-13-18(26(30)31)7-10-20(16)25/h5-10,13H,1-4,11-12,14-15H2. The number of rotatable bonds is 7. The van der Waals surface area contributed by atoms with Gasteiger partial charge in [0.1, 0.15) is 5.75 Å². The van der Waals surface area contributed by atoms with Crippen LogP contribution in [0.5, 0.6) is 5.75 Å². The number of hydrogen-bond donors (Lipinski definition) is 0. The smallest absolute Gasteiger partial charge is 0.344 e. The van der Waals surface area contributed by atoms with Gasteiger partial charge in [0, 0.05) is 43.0 Å². The minimum atomic E-state index is -0.692. The molecule has 10 heteroatoms. The highest BCUT2D eigenvalue weighted by atomic mass is 16.6. The lowest BCUT2D eigenvalue weighted by atomic mass is 10.0. The summed E-state index contributed by atoms with van der Waals surface area (Å²) >= 11 is 0. The summed E-state index contributed by atoms with van der Waals surface area (Å²) in [5, 5.41) is 11.0. The van der Waals surface area contributed by atoms with E-state index in [-0.39, 0.29) is 18.2 Å². The minimum absolute atomic E-state index is 0.0216. The van der Waals surface area contributed by atoms with E-state index in [1.165, 1.54) is 17.0 Å². The third-order valence-corrected chi connectivity index (χ3v) is 5.63. The molecule has 2 aliphatic rings. The van der Waals surface area contributed by atoms with Crippen LogP contribution < -0.4 is 14.5 Å². The van der Waals surface area contributed by atoms with E-state index in [2.05, 4.69) is 0 Å². The van der Waals surface area contributed by atoms with Crippen LogP contribution in [0.3, 0.4) is 0 Å². The van der Waals surface area contributed by atoms with E-state index in [4.69, 9.17) is 9.47 Å². The molecule has 2 aliphatic heterocycles. The molecule has 2 amide bonds. The third-order valence-electron chi connectivity index (χ3n) is 5.63. The maximum atomic E-state index is 12.6. The van der Waals surface area contributed by atoms with Crippen molar-refractivity contribution in [2.24, 2.45) is 0 Å². The molecular weight excluding hydrogens is 430 g/mol. The maximum absolute atomic E-state index is 12.6. The fraction of sp³-hybridized carbons (Fsp3) is 0.348. The Kier molecular flexibility index (Phi) is 6.53. The zero-order chi connectivity index (χ0) is 23.4. The van der Waals surface area contributed by atoms with E-state index in [9.17, 15) is 24.5 Å². The first kappa shape index (κ1) is 22.3. The Balaban J connectivity index is 1.27. The number of hydrogen-bond acceptors (Lipinski definition) is 7. The molecule has 172 valence electrons. The number of non-ortho nitro benzene ring substituents is 1. The topological polar surface area (TPSA) is 119 Å². The Labute approximate surface area is 189 Å². The molecule has 0 atom stereocenters. The molecule has 0 aliphatic carbocycles. The predicted molar refractivity (Wildman–Crippen MR) is 118 cm³/mol. The van der Waals surface area contributed by atoms with Gasteiger partial charge in [-0.05, 0) is 55.2 Å². The number of ether oxygens (including phenoxy) is 2. The van der Waals surface area contributed by atoms with E-state index in [0.717, 1.165) is 17.7 Å². The fourth-order valence-corrected chi connectivity index (χ4v) is 4.00. The second-order valence-electron chi connectivity index (χ2n) is 7.81. The summed E-state index contributed by atoms with van der Waals surface area (Å²) in [5.74, 6) is -0.562. The Hall–Kier alpha value is -3.95. The van der Waals surface area contributed by atoms with Gasteiger partial charge in [-0.15, -0.1) is 0 Å². The molecule has 2 heterocycles. The second kappa shape index (κ2) is 9.68. The first-order chi connectivity index (χ1) is 15.9. The Morgan fingerprint density at radius 2 is 1.76 bits per heavy atom. The maximum Gasteiger partial charge on any atom is 0.344 e. The summed E-state index contributed by atoms with van der Waals surface area (Å²) in [6, 6.07) is 11.2. The number of fused-ring (bicyclic) bond motifs is 1. The number of nitrogens with zero attached hydrogens (tertiary/aromatic N) is 3. The highest BCUT2D eigenvalue weighted by molar-refractivity contribution is 5.96. The van der Waals surface area contributed by atoms with Gasteiger partial charge in [-0.2, -0.15) is 0 Å². The summed E-state index contributed by atoms with van der Waals surface area (Å²) in [7, 11) is 0. The lowest BCUT2D eigenvalue weighted by molar-refractivity contribution is -0.384. The van der Waals surface area contributed by atoms with E-state index in [0.29, 0.717) is 43.8 Å². The van der Waals surface area contributed by atoms with Gasteiger partial charge in [-0.3, -0.25) is 19.7 Å². The van der Waals surface area contributed by atoms with E-state index in [1.54, 1.807) is 35.2 Å². The molecule has 0 spiro atoms. The van der Waals surface area contributed by atoms with Crippen molar-refractivity contribution in [3.05, 3.63) is 58.1 Å². The molecule has 33 heavy (non-hydrogen) atoms. The van der Waals surface area contributed by atoms with Crippen LogP contribution in [0.1, 0.15) is 24.8 Å². The molecule has 0 radical (unpaired) electrons. The first-order valence-electron chi connectivity index (χ1n) is 10.7. The molecule has 0 bridgehead atoms. The lowest BCUT2D eigenvalue weighted by Crippen LogP contribution is -2.38. The van der Waals surface area contributed by atoms with Crippen LogP contribution in [0, 0.1) is 10.1 Å². The predicted octanol–water partition coefficient (Wildman–Crippen LogP) is 2.62. The molecule has 1 saturated heterocycles. The van der Waals surface area contributed by atoms with Gasteiger partial charge in [0.25, 0.3) is 11.6 Å². The summed E-state index contributed by atoms with van der Waals surface area (Å²) in [4.78, 5) is 50.1. The number of anilines is 2. The lowest BCUT2D eigenvalue weighted by Gasteiger charge is -2.29. The number of esters is 1. The molecule has 1 fully saturated rings. The van der Waals surface area contributed by atoms with Crippen molar-refractivity contribution in [2.45, 2.75) is 25.7 Å². The van der Waals surface area contributed by atoms with Crippen molar-refractivity contribution in [2.75, 3.05) is 36.1 Å². The van der Waals surface area contributed by atoms with E-state index >= 15 is 0 Å². The Morgan fingerprint density at radius 1 is 1.00 bits per heavy atom. The normalized spacial score (nSPS) is 15.2. The van der Waals surface area contributed by atoms with Crippen LogP contribution in [-0.4, -0.2) is 49.0 Å². The zero-order valence-corrected chi connectivity index (χ0v) is 17.9. The van der Waals surface area contributed by atoms with Gasteiger partial charge in [-0.25, -0.2) is 4.79 Å². The monoisotopic (exact) mass is 453 g/mol. The van der Waals surface area contributed by atoms with Gasteiger partial charge in [0.05, 0.1) is 4.92 Å². The Bertz CT molecular complexity index is 1080. The van der Waals surface area contributed by atoms with Gasteiger partial charge >= 0.3 is 5.97 Å². The van der Waals surface area contributed by atoms with Crippen LogP contribution in [0.2, 0.25) is 0 Å². The van der Waals surface area contributed by atoms with Crippen LogP contribution in [0.15, 0.2) is 42.5 Å². The van der Waals surface area contributed by atoms with Crippen molar-refractivity contribution in [1.29, 1.82) is 0 Å². The number of nitro benzene ring substituents is 1. The quantitative estimate of drug-likeness (QED) is 0.359. The Morgan fingerprint density at radius 3 is 2.45 bits per heavy atom. The average molecular weight is 453 g/mol. The first-order valence-corrected chi connectivity index (χ1v) is 10.7. The van der Waals surface area contributed by atoms with Crippen molar-refractivity contribution >= 4 is 34.8 Å². The third kappa shape index (κ3) is 5.11. The summed E-state index contributed by atoms with van der Waals surface area (Å²) < 4.78 is 10.5. The molecule has 4 rings (SSSR count). The van der Waals surface area contributed by atoms with Crippen LogP contribution in [0.4, 0.5) is 17.1 Å². The van der Waals surface area contributed by atoms with Gasteiger partial charge in [0.15, 0.2) is 13.2 Å². The number of benzene rings is 2. The van der Waals surface area contributed by atoms with Gasteiger partial charge < -0.3 is 19.3 Å². The molecule has 10 nitrogen and oxygen atoms in total. The minimum Gasteiger partial charge on any atom is -0.482 e. The molecule has 0 aromatic heterocycles.